The van der Waals surface area contributed by atoms with Gasteiger partial charge in [-0.1, -0.05) is 157 Å². The molecule has 3 aliphatic rings. The van der Waals surface area contributed by atoms with Gasteiger partial charge in [0.2, 0.25) is 0 Å². The first kappa shape index (κ1) is 28.6. The summed E-state index contributed by atoms with van der Waals surface area (Å²) in [6.07, 6.45) is 30.3. The van der Waals surface area contributed by atoms with Crippen molar-refractivity contribution in [3.63, 3.8) is 0 Å². The van der Waals surface area contributed by atoms with Gasteiger partial charge in [0, 0.05) is 0 Å². The monoisotopic (exact) mass is 473 g/mol. The Bertz CT molecular complexity index is 510. The minimum Gasteiger partial charge on any atom is -0.0654 e. The maximum Gasteiger partial charge on any atom is -0.0324 e. The van der Waals surface area contributed by atoms with E-state index in [0.717, 1.165) is 53.3 Å². The van der Waals surface area contributed by atoms with E-state index in [4.69, 9.17) is 0 Å². The summed E-state index contributed by atoms with van der Waals surface area (Å²) in [6, 6.07) is 0. The molecule has 0 spiro atoms. The van der Waals surface area contributed by atoms with Crippen molar-refractivity contribution in [1.29, 1.82) is 0 Å². The summed E-state index contributed by atoms with van der Waals surface area (Å²) in [5.41, 5.74) is 0. The minimum absolute atomic E-state index is 0.931. The van der Waals surface area contributed by atoms with Crippen molar-refractivity contribution < 1.29 is 0 Å². The Balaban J connectivity index is 1.63. The number of hydrogen-bond donors (Lipinski definition) is 0. The average molecular weight is 473 g/mol. The van der Waals surface area contributed by atoms with Crippen molar-refractivity contribution in [2.45, 2.75) is 163 Å². The van der Waals surface area contributed by atoms with Crippen LogP contribution in [0.5, 0.6) is 0 Å². The molecule has 200 valence electrons. The third kappa shape index (κ3) is 8.00. The van der Waals surface area contributed by atoms with Gasteiger partial charge in [-0.2, -0.15) is 0 Å². The first-order chi connectivity index (χ1) is 16.6. The van der Waals surface area contributed by atoms with Crippen LogP contribution in [-0.4, -0.2) is 0 Å². The molecule has 3 saturated carbocycles. The van der Waals surface area contributed by atoms with Crippen molar-refractivity contribution >= 4 is 0 Å². The molecule has 0 aromatic rings. The predicted molar refractivity (Wildman–Crippen MR) is 152 cm³/mol. The van der Waals surface area contributed by atoms with Gasteiger partial charge in [-0.15, -0.1) is 0 Å². The van der Waals surface area contributed by atoms with Gasteiger partial charge in [0.05, 0.1) is 0 Å². The lowest BCUT2D eigenvalue weighted by atomic mass is 9.59. The average Bonchev–Trinajstić information content (AvgIpc) is 3.58. The Morgan fingerprint density at radius 3 is 1.82 bits per heavy atom. The summed E-state index contributed by atoms with van der Waals surface area (Å²) in [4.78, 5) is 0. The fourth-order valence-corrected chi connectivity index (χ4v) is 9.25. The predicted octanol–water partition coefficient (Wildman–Crippen LogP) is 11.5. The molecule has 3 rings (SSSR count). The standard InChI is InChI=1S/C34H64/c1-6-9-18-29(26(4)7-2)23-14-16-28-17-15-24-32(25-28)34(31-21-12-13-22-31)33(27(5)8-3)30-19-10-11-20-30/h26-34H,6-25H2,1-5H3. The van der Waals surface area contributed by atoms with E-state index in [1.54, 1.807) is 57.8 Å². The Hall–Kier alpha value is 0. The van der Waals surface area contributed by atoms with Crippen molar-refractivity contribution in [2.75, 3.05) is 0 Å². The van der Waals surface area contributed by atoms with Crippen LogP contribution in [0, 0.1) is 53.3 Å². The van der Waals surface area contributed by atoms with E-state index in [1.807, 2.05) is 0 Å². The van der Waals surface area contributed by atoms with Crippen LogP contribution in [0.2, 0.25) is 0 Å². The van der Waals surface area contributed by atoms with E-state index < -0.39 is 0 Å². The largest absolute Gasteiger partial charge is 0.0654 e. The molecule has 3 aliphatic carbocycles. The van der Waals surface area contributed by atoms with Crippen molar-refractivity contribution in [3.05, 3.63) is 0 Å². The quantitative estimate of drug-likeness (QED) is 0.222. The van der Waals surface area contributed by atoms with E-state index in [0.29, 0.717) is 0 Å². The van der Waals surface area contributed by atoms with E-state index >= 15 is 0 Å². The van der Waals surface area contributed by atoms with Crippen LogP contribution in [0.3, 0.4) is 0 Å². The molecule has 0 aromatic heterocycles. The van der Waals surface area contributed by atoms with Gasteiger partial charge in [-0.25, -0.2) is 0 Å². The molecular weight excluding hydrogens is 408 g/mol. The zero-order valence-corrected chi connectivity index (χ0v) is 24.3. The Morgan fingerprint density at radius 2 is 1.21 bits per heavy atom. The molecule has 0 amide bonds. The molecule has 0 bridgehead atoms. The van der Waals surface area contributed by atoms with Crippen LogP contribution in [0.4, 0.5) is 0 Å². The fourth-order valence-electron chi connectivity index (χ4n) is 9.25. The zero-order chi connectivity index (χ0) is 24.3. The van der Waals surface area contributed by atoms with Gasteiger partial charge >= 0.3 is 0 Å². The fraction of sp³-hybridized carbons (Fsp3) is 1.00. The third-order valence-corrected chi connectivity index (χ3v) is 11.6. The molecule has 3 fully saturated rings. The summed E-state index contributed by atoms with van der Waals surface area (Å²) in [5, 5.41) is 0. The Labute approximate surface area is 216 Å². The highest BCUT2D eigenvalue weighted by molar-refractivity contribution is 4.93. The summed E-state index contributed by atoms with van der Waals surface area (Å²) in [7, 11) is 0. The zero-order valence-electron chi connectivity index (χ0n) is 24.3. The first-order valence-electron chi connectivity index (χ1n) is 16.6. The lowest BCUT2D eigenvalue weighted by Crippen LogP contribution is -2.39. The molecule has 0 N–H and O–H groups in total. The van der Waals surface area contributed by atoms with Crippen molar-refractivity contribution in [2.24, 2.45) is 53.3 Å². The summed E-state index contributed by atoms with van der Waals surface area (Å²) >= 11 is 0. The minimum atomic E-state index is 0.931. The number of rotatable bonds is 15. The second-order valence-corrected chi connectivity index (χ2v) is 13.6. The molecule has 0 aliphatic heterocycles. The highest BCUT2D eigenvalue weighted by Crippen LogP contribution is 2.52. The van der Waals surface area contributed by atoms with Crippen LogP contribution in [0.25, 0.3) is 0 Å². The second kappa shape index (κ2) is 15.3. The van der Waals surface area contributed by atoms with E-state index in [2.05, 4.69) is 34.6 Å². The van der Waals surface area contributed by atoms with Gasteiger partial charge in [0.1, 0.15) is 0 Å². The smallest absolute Gasteiger partial charge is 0.0324 e. The highest BCUT2D eigenvalue weighted by atomic mass is 14.5. The molecule has 0 heteroatoms. The molecule has 0 radical (unpaired) electrons. The summed E-state index contributed by atoms with van der Waals surface area (Å²) in [6.45, 7) is 12.5. The SMILES string of the molecule is CCCCC(CCCC1CCCC(C(C2CCCC2)C(C(C)CC)C2CCCC2)C1)C(C)CC. The lowest BCUT2D eigenvalue weighted by Gasteiger charge is -2.46. The number of hydrogen-bond acceptors (Lipinski definition) is 0. The third-order valence-electron chi connectivity index (χ3n) is 11.6. The maximum atomic E-state index is 2.65. The molecule has 0 saturated heterocycles. The lowest BCUT2D eigenvalue weighted by molar-refractivity contribution is 0.0294. The van der Waals surface area contributed by atoms with E-state index in [9.17, 15) is 0 Å². The van der Waals surface area contributed by atoms with Crippen LogP contribution in [0.15, 0.2) is 0 Å². The highest BCUT2D eigenvalue weighted by Gasteiger charge is 2.43. The normalized spacial score (nSPS) is 29.2. The van der Waals surface area contributed by atoms with Gasteiger partial charge in [0.15, 0.2) is 0 Å². The molecule has 0 heterocycles. The Morgan fingerprint density at radius 1 is 0.618 bits per heavy atom. The molecule has 0 aromatic carbocycles. The number of unbranched alkanes of at least 4 members (excludes halogenated alkanes) is 1. The molecule has 7 atom stereocenters. The van der Waals surface area contributed by atoms with Gasteiger partial charge in [-0.3, -0.25) is 0 Å². The van der Waals surface area contributed by atoms with E-state index in [1.165, 1.54) is 70.6 Å². The van der Waals surface area contributed by atoms with Crippen LogP contribution in [-0.2, 0) is 0 Å². The second-order valence-electron chi connectivity index (χ2n) is 13.6. The van der Waals surface area contributed by atoms with Crippen molar-refractivity contribution in [1.82, 2.24) is 0 Å². The molecule has 0 nitrogen and oxygen atoms in total. The van der Waals surface area contributed by atoms with Crippen molar-refractivity contribution in [3.8, 4) is 0 Å². The van der Waals surface area contributed by atoms with Gasteiger partial charge in [0.25, 0.3) is 0 Å². The Kier molecular flexibility index (Phi) is 12.9. The summed E-state index contributed by atoms with van der Waals surface area (Å²) in [5.74, 6) is 9.24. The first-order valence-corrected chi connectivity index (χ1v) is 16.6. The molecule has 7 unspecified atom stereocenters. The molecule has 34 heavy (non-hydrogen) atoms. The van der Waals surface area contributed by atoms with Crippen LogP contribution >= 0.6 is 0 Å². The van der Waals surface area contributed by atoms with Crippen LogP contribution < -0.4 is 0 Å². The van der Waals surface area contributed by atoms with Crippen LogP contribution in [0.1, 0.15) is 163 Å². The van der Waals surface area contributed by atoms with Gasteiger partial charge in [-0.05, 0) is 59.7 Å². The van der Waals surface area contributed by atoms with E-state index in [-0.39, 0.29) is 0 Å². The van der Waals surface area contributed by atoms with Gasteiger partial charge < -0.3 is 0 Å². The topological polar surface area (TPSA) is 0 Å². The summed E-state index contributed by atoms with van der Waals surface area (Å²) < 4.78 is 0. The molecular formula is C34H64. The maximum absolute atomic E-state index is 2.65.